The van der Waals surface area contributed by atoms with Crippen LogP contribution in [0, 0.1) is 0 Å². The Hall–Kier alpha value is -3.27. The van der Waals surface area contributed by atoms with E-state index in [4.69, 9.17) is 0 Å². The van der Waals surface area contributed by atoms with Crippen LogP contribution in [0.25, 0.3) is 22.2 Å². The van der Waals surface area contributed by atoms with Crippen LogP contribution in [0.15, 0.2) is 67.0 Å². The van der Waals surface area contributed by atoms with Crippen molar-refractivity contribution in [2.75, 3.05) is 6.54 Å². The van der Waals surface area contributed by atoms with Crippen LogP contribution in [0.5, 0.6) is 0 Å². The van der Waals surface area contributed by atoms with Gasteiger partial charge in [0.15, 0.2) is 0 Å². The highest BCUT2D eigenvalue weighted by Gasteiger charge is 2.21. The summed E-state index contributed by atoms with van der Waals surface area (Å²) in [6, 6.07) is 18.7. The second kappa shape index (κ2) is 5.92. The SMILES string of the molecule is O=C1NCCc2c(-c3ccc(Cn4cccc4)cc3)[nH]c3cccc1c23. The molecular formula is C22H19N3O. The first-order valence-electron chi connectivity index (χ1n) is 8.91. The van der Waals surface area contributed by atoms with Gasteiger partial charge in [-0.2, -0.15) is 0 Å². The van der Waals surface area contributed by atoms with Crippen LogP contribution in [0.2, 0.25) is 0 Å². The topological polar surface area (TPSA) is 49.8 Å². The Morgan fingerprint density at radius 1 is 0.962 bits per heavy atom. The number of aromatic amines is 1. The van der Waals surface area contributed by atoms with Gasteiger partial charge in [0.2, 0.25) is 0 Å². The molecule has 0 spiro atoms. The highest BCUT2D eigenvalue weighted by Crippen LogP contribution is 2.34. The maximum Gasteiger partial charge on any atom is 0.251 e. The summed E-state index contributed by atoms with van der Waals surface area (Å²) in [6.07, 6.45) is 4.98. The molecule has 128 valence electrons. The zero-order valence-corrected chi connectivity index (χ0v) is 14.3. The fraction of sp³-hybridized carbons (Fsp3) is 0.136. The molecule has 0 bridgehead atoms. The number of H-pyrrole nitrogens is 1. The Labute approximate surface area is 151 Å². The summed E-state index contributed by atoms with van der Waals surface area (Å²) in [6.45, 7) is 1.54. The maximum atomic E-state index is 12.3. The minimum atomic E-state index is 0.0157. The smallest absolute Gasteiger partial charge is 0.251 e. The number of aromatic nitrogens is 2. The summed E-state index contributed by atoms with van der Waals surface area (Å²) >= 11 is 0. The van der Waals surface area contributed by atoms with Crippen LogP contribution in [0.3, 0.4) is 0 Å². The molecule has 4 nitrogen and oxygen atoms in total. The number of nitrogens with one attached hydrogen (secondary N) is 2. The average Bonchev–Trinajstić information content (AvgIpc) is 3.26. The molecule has 2 aromatic carbocycles. The molecule has 1 aliphatic heterocycles. The quantitative estimate of drug-likeness (QED) is 0.582. The summed E-state index contributed by atoms with van der Waals surface area (Å²) in [5.41, 5.74) is 6.57. The predicted molar refractivity (Wildman–Crippen MR) is 103 cm³/mol. The third kappa shape index (κ3) is 2.42. The van der Waals surface area contributed by atoms with Crippen molar-refractivity contribution >= 4 is 16.8 Å². The summed E-state index contributed by atoms with van der Waals surface area (Å²) in [5.74, 6) is 0.0157. The van der Waals surface area contributed by atoms with Crippen LogP contribution < -0.4 is 5.32 Å². The number of benzene rings is 2. The molecule has 0 saturated carbocycles. The number of hydrogen-bond acceptors (Lipinski definition) is 1. The van der Waals surface area contributed by atoms with Crippen LogP contribution in [0.1, 0.15) is 21.5 Å². The van der Waals surface area contributed by atoms with Crippen molar-refractivity contribution in [3.05, 3.63) is 83.7 Å². The van der Waals surface area contributed by atoms with Gasteiger partial charge in [0.05, 0.1) is 0 Å². The molecule has 4 aromatic rings. The number of carbonyl (C=O) groups is 1. The van der Waals surface area contributed by atoms with Crippen molar-refractivity contribution in [1.82, 2.24) is 14.9 Å². The first-order valence-corrected chi connectivity index (χ1v) is 8.91. The summed E-state index contributed by atoms with van der Waals surface area (Å²) in [7, 11) is 0. The van der Waals surface area contributed by atoms with Crippen LogP contribution in [-0.2, 0) is 13.0 Å². The van der Waals surface area contributed by atoms with E-state index in [-0.39, 0.29) is 5.91 Å². The van der Waals surface area contributed by atoms with Gasteiger partial charge < -0.3 is 14.9 Å². The summed E-state index contributed by atoms with van der Waals surface area (Å²) in [4.78, 5) is 15.8. The largest absolute Gasteiger partial charge is 0.354 e. The molecule has 0 saturated heterocycles. The lowest BCUT2D eigenvalue weighted by Crippen LogP contribution is -2.23. The second-order valence-corrected chi connectivity index (χ2v) is 6.76. The average molecular weight is 341 g/mol. The molecule has 1 aliphatic rings. The van der Waals surface area contributed by atoms with Gasteiger partial charge in [-0.1, -0.05) is 30.3 Å². The predicted octanol–water partition coefficient (Wildman–Crippen LogP) is 3.97. The Kier molecular flexibility index (Phi) is 3.42. The first-order chi connectivity index (χ1) is 12.8. The third-order valence-corrected chi connectivity index (χ3v) is 5.11. The van der Waals surface area contributed by atoms with Crippen molar-refractivity contribution < 1.29 is 4.79 Å². The van der Waals surface area contributed by atoms with Crippen molar-refractivity contribution in [2.45, 2.75) is 13.0 Å². The lowest BCUT2D eigenvalue weighted by atomic mass is 10.00. The van der Waals surface area contributed by atoms with E-state index in [9.17, 15) is 4.79 Å². The van der Waals surface area contributed by atoms with E-state index in [0.29, 0.717) is 6.54 Å². The van der Waals surface area contributed by atoms with Gasteiger partial charge in [0.25, 0.3) is 5.91 Å². The van der Waals surface area contributed by atoms with E-state index in [0.717, 1.165) is 40.7 Å². The van der Waals surface area contributed by atoms with E-state index < -0.39 is 0 Å². The zero-order chi connectivity index (χ0) is 17.5. The normalized spacial score (nSPS) is 13.6. The second-order valence-electron chi connectivity index (χ2n) is 6.76. The molecule has 0 fully saturated rings. The zero-order valence-electron chi connectivity index (χ0n) is 14.3. The van der Waals surface area contributed by atoms with Crippen molar-refractivity contribution in [1.29, 1.82) is 0 Å². The molecule has 0 unspecified atom stereocenters. The molecule has 4 heteroatoms. The Morgan fingerprint density at radius 2 is 1.77 bits per heavy atom. The Bertz CT molecular complexity index is 1090. The molecule has 2 aromatic heterocycles. The number of hydrogen-bond donors (Lipinski definition) is 2. The number of nitrogens with zero attached hydrogens (tertiary/aromatic N) is 1. The first kappa shape index (κ1) is 15.0. The standard InChI is InChI=1S/C22H19N3O/c26-22-18-4-3-5-19-20(18)17(10-11-23-22)21(24-19)16-8-6-15(7-9-16)14-25-12-1-2-13-25/h1-9,12-13,24H,10-11,14H2,(H,23,26). The van der Waals surface area contributed by atoms with E-state index in [1.807, 2.05) is 30.3 Å². The van der Waals surface area contributed by atoms with Crippen LogP contribution in [0.4, 0.5) is 0 Å². The van der Waals surface area contributed by atoms with Gasteiger partial charge in [-0.25, -0.2) is 0 Å². The fourth-order valence-corrected chi connectivity index (χ4v) is 3.86. The monoisotopic (exact) mass is 341 g/mol. The molecule has 2 N–H and O–H groups in total. The lowest BCUT2D eigenvalue weighted by Gasteiger charge is -2.07. The highest BCUT2D eigenvalue weighted by atomic mass is 16.1. The number of rotatable bonds is 3. The molecule has 1 amide bonds. The molecule has 26 heavy (non-hydrogen) atoms. The summed E-state index contributed by atoms with van der Waals surface area (Å²) < 4.78 is 2.16. The Balaban J connectivity index is 1.57. The Morgan fingerprint density at radius 3 is 2.58 bits per heavy atom. The fourth-order valence-electron chi connectivity index (χ4n) is 3.86. The molecule has 0 radical (unpaired) electrons. The van der Waals surface area contributed by atoms with Gasteiger partial charge >= 0.3 is 0 Å². The maximum absolute atomic E-state index is 12.3. The molecule has 0 atom stereocenters. The van der Waals surface area contributed by atoms with E-state index in [2.05, 4.69) is 51.5 Å². The third-order valence-electron chi connectivity index (χ3n) is 5.11. The van der Waals surface area contributed by atoms with Crippen molar-refractivity contribution in [2.24, 2.45) is 0 Å². The minimum Gasteiger partial charge on any atom is -0.354 e. The lowest BCUT2D eigenvalue weighted by molar-refractivity contribution is 0.0957. The van der Waals surface area contributed by atoms with Gasteiger partial charge in [-0.3, -0.25) is 4.79 Å². The van der Waals surface area contributed by atoms with Gasteiger partial charge in [-0.05, 0) is 47.4 Å². The van der Waals surface area contributed by atoms with Crippen LogP contribution >= 0.6 is 0 Å². The van der Waals surface area contributed by atoms with E-state index in [1.54, 1.807) is 0 Å². The number of carbonyl (C=O) groups excluding carboxylic acids is 1. The molecular weight excluding hydrogens is 322 g/mol. The van der Waals surface area contributed by atoms with Crippen molar-refractivity contribution in [3.8, 4) is 11.3 Å². The summed E-state index contributed by atoms with van der Waals surface area (Å²) in [5, 5.41) is 4.06. The molecule has 0 aliphatic carbocycles. The molecule has 3 heterocycles. The highest BCUT2D eigenvalue weighted by molar-refractivity contribution is 6.10. The number of amides is 1. The molecule has 5 rings (SSSR count). The van der Waals surface area contributed by atoms with E-state index >= 15 is 0 Å². The van der Waals surface area contributed by atoms with E-state index in [1.165, 1.54) is 11.1 Å². The van der Waals surface area contributed by atoms with Gasteiger partial charge in [0.1, 0.15) is 0 Å². The van der Waals surface area contributed by atoms with Crippen LogP contribution in [-0.4, -0.2) is 22.0 Å². The minimum absolute atomic E-state index is 0.0157. The van der Waals surface area contributed by atoms with Gasteiger partial charge in [-0.15, -0.1) is 0 Å². The van der Waals surface area contributed by atoms with Gasteiger partial charge in [0, 0.05) is 47.6 Å². The van der Waals surface area contributed by atoms with Crippen molar-refractivity contribution in [3.63, 3.8) is 0 Å².